The molecule has 0 aliphatic carbocycles. The summed E-state index contributed by atoms with van der Waals surface area (Å²) in [5.74, 6) is 0. The average molecular weight is 345 g/mol. The van der Waals surface area contributed by atoms with Crippen molar-refractivity contribution >= 4 is 0 Å². The molecule has 0 bridgehead atoms. The van der Waals surface area contributed by atoms with E-state index in [9.17, 15) is 0 Å². The van der Waals surface area contributed by atoms with Gasteiger partial charge in [-0.1, -0.05) is 0 Å². The van der Waals surface area contributed by atoms with Gasteiger partial charge in [0, 0.05) is 18.3 Å². The maximum Gasteiger partial charge on any atom is 0.0921 e. The molecule has 1 aromatic heterocycles. The lowest BCUT2D eigenvalue weighted by molar-refractivity contribution is 0.611. The number of nitrogens with one attached hydrogen (secondary N) is 2. The van der Waals surface area contributed by atoms with Crippen molar-refractivity contribution in [3.05, 3.63) is 18.2 Å². The summed E-state index contributed by atoms with van der Waals surface area (Å²) < 4.78 is 0. The lowest BCUT2D eigenvalue weighted by Crippen LogP contribution is -2.19. The minimum absolute atomic E-state index is 0.683. The quantitative estimate of drug-likeness (QED) is 0.245. The zero-order chi connectivity index (χ0) is 18.3. The van der Waals surface area contributed by atoms with E-state index < -0.39 is 0 Å². The number of H-pyrrole nitrogens is 1. The highest BCUT2D eigenvalue weighted by Gasteiger charge is 1.87. The second kappa shape index (κ2) is 24.2. The van der Waals surface area contributed by atoms with Gasteiger partial charge in [0.15, 0.2) is 0 Å². The van der Waals surface area contributed by atoms with Crippen LogP contribution < -0.4 is 34.0 Å². The zero-order valence-electron chi connectivity index (χ0n) is 15.2. The van der Waals surface area contributed by atoms with Crippen molar-refractivity contribution in [2.45, 2.75) is 38.5 Å². The van der Waals surface area contributed by atoms with E-state index in [1.807, 2.05) is 0 Å². The molecule has 0 aromatic carbocycles. The molecule has 144 valence electrons. The Morgan fingerprint density at radius 2 is 1.29 bits per heavy atom. The van der Waals surface area contributed by atoms with Gasteiger partial charge in [-0.2, -0.15) is 0 Å². The topological polar surface area (TPSA) is 171 Å². The Morgan fingerprint density at radius 3 is 1.75 bits per heavy atom. The second-order valence-electron chi connectivity index (χ2n) is 5.29. The third-order valence-corrected chi connectivity index (χ3v) is 2.99. The fraction of sp³-hybridized carbons (Fsp3) is 0.812. The summed E-state index contributed by atoms with van der Waals surface area (Å²) in [6.07, 6.45) is 9.84. The Bertz CT molecular complexity index is 280. The van der Waals surface area contributed by atoms with E-state index in [2.05, 4.69) is 15.3 Å². The third-order valence-electron chi connectivity index (χ3n) is 2.99. The Morgan fingerprint density at radius 1 is 0.750 bits per heavy atom. The minimum atomic E-state index is 0.683. The molecule has 0 saturated heterocycles. The third kappa shape index (κ3) is 23.2. The standard InChI is InChI=1S/C7H19N3.C5H9N3.C4H12N2/c8-4-1-2-6-10-7-3-5-9;6-2-1-5-3-7-4-8-5;5-3-1-2-4-6/h10H,1-9H2;3-4H,1-2,6H2,(H,7,8);1-6H2. The van der Waals surface area contributed by atoms with E-state index in [4.69, 9.17) is 28.7 Å². The predicted octanol–water partition coefficient (Wildman–Crippen LogP) is -0.741. The zero-order valence-corrected chi connectivity index (χ0v) is 15.2. The Balaban J connectivity index is 0. The van der Waals surface area contributed by atoms with Crippen molar-refractivity contribution in [3.8, 4) is 0 Å². The molecule has 8 heteroatoms. The number of nitrogens with zero attached hydrogens (tertiary/aromatic N) is 1. The number of imidazole rings is 1. The number of aromatic amines is 1. The first kappa shape index (κ1) is 25.2. The Kier molecular flexibility index (Phi) is 25.4. The van der Waals surface area contributed by atoms with Gasteiger partial charge >= 0.3 is 0 Å². The largest absolute Gasteiger partial charge is 0.348 e. The summed E-state index contributed by atoms with van der Waals surface area (Å²) in [6.45, 7) is 5.94. The van der Waals surface area contributed by atoms with E-state index in [1.165, 1.54) is 6.42 Å². The van der Waals surface area contributed by atoms with Crippen LogP contribution in [0.25, 0.3) is 0 Å². The number of nitrogens with two attached hydrogens (primary N) is 5. The van der Waals surface area contributed by atoms with Gasteiger partial charge in [0.2, 0.25) is 0 Å². The number of unbranched alkanes of at least 4 members (excludes halogenated alkanes) is 2. The molecule has 0 spiro atoms. The van der Waals surface area contributed by atoms with Crippen molar-refractivity contribution in [1.82, 2.24) is 15.3 Å². The lowest BCUT2D eigenvalue weighted by atomic mass is 10.3. The summed E-state index contributed by atoms with van der Waals surface area (Å²) in [7, 11) is 0. The molecular formula is C16H40N8. The Hall–Kier alpha value is -1.03. The highest BCUT2D eigenvalue weighted by molar-refractivity contribution is 4.93. The SMILES string of the molecule is NCCCCN.NCCCCNCCCN.NCCc1cnc[nH]1. The molecule has 8 nitrogen and oxygen atoms in total. The first-order valence-electron chi connectivity index (χ1n) is 8.95. The normalized spacial score (nSPS) is 9.71. The van der Waals surface area contributed by atoms with Crippen molar-refractivity contribution < 1.29 is 0 Å². The average Bonchev–Trinajstić information content (AvgIpc) is 3.11. The maximum atomic E-state index is 5.32. The van der Waals surface area contributed by atoms with Gasteiger partial charge < -0.3 is 39.0 Å². The summed E-state index contributed by atoms with van der Waals surface area (Å²) in [4.78, 5) is 6.78. The van der Waals surface area contributed by atoms with Crippen LogP contribution in [-0.2, 0) is 6.42 Å². The molecule has 12 N–H and O–H groups in total. The van der Waals surface area contributed by atoms with E-state index >= 15 is 0 Å². The number of hydrogen-bond acceptors (Lipinski definition) is 7. The van der Waals surface area contributed by atoms with Crippen molar-refractivity contribution in [2.75, 3.05) is 45.8 Å². The van der Waals surface area contributed by atoms with Gasteiger partial charge in [-0.3, -0.25) is 0 Å². The van der Waals surface area contributed by atoms with Crippen LogP contribution in [-0.4, -0.2) is 55.8 Å². The molecule has 1 rings (SSSR count). The molecule has 0 unspecified atom stereocenters. The van der Waals surface area contributed by atoms with Crippen LogP contribution in [0, 0.1) is 0 Å². The molecule has 0 radical (unpaired) electrons. The van der Waals surface area contributed by atoms with Crippen LogP contribution in [0.1, 0.15) is 37.8 Å². The lowest BCUT2D eigenvalue weighted by Gasteiger charge is -2.01. The summed E-state index contributed by atoms with van der Waals surface area (Å²) in [5, 5.41) is 3.29. The molecule has 0 fully saturated rings. The highest BCUT2D eigenvalue weighted by atomic mass is 14.9. The fourth-order valence-corrected chi connectivity index (χ4v) is 1.61. The molecular weight excluding hydrogens is 304 g/mol. The van der Waals surface area contributed by atoms with Crippen molar-refractivity contribution in [2.24, 2.45) is 28.7 Å². The van der Waals surface area contributed by atoms with Gasteiger partial charge in [-0.05, 0) is 77.9 Å². The smallest absolute Gasteiger partial charge is 0.0921 e. The molecule has 0 aliphatic heterocycles. The van der Waals surface area contributed by atoms with Crippen LogP contribution in [0.15, 0.2) is 12.5 Å². The van der Waals surface area contributed by atoms with Gasteiger partial charge in [-0.15, -0.1) is 0 Å². The predicted molar refractivity (Wildman–Crippen MR) is 104 cm³/mol. The molecule has 0 aliphatic rings. The summed E-state index contributed by atoms with van der Waals surface area (Å²) in [5.41, 5.74) is 27.3. The molecule has 0 amide bonds. The molecule has 1 aromatic rings. The van der Waals surface area contributed by atoms with Crippen LogP contribution in [0.4, 0.5) is 0 Å². The first-order chi connectivity index (χ1) is 11.8. The summed E-state index contributed by atoms with van der Waals surface area (Å²) >= 11 is 0. The monoisotopic (exact) mass is 344 g/mol. The molecule has 0 saturated carbocycles. The molecule has 0 atom stereocenters. The van der Waals surface area contributed by atoms with Gasteiger partial charge in [0.05, 0.1) is 6.33 Å². The van der Waals surface area contributed by atoms with Crippen molar-refractivity contribution in [3.63, 3.8) is 0 Å². The van der Waals surface area contributed by atoms with Crippen LogP contribution in [0.2, 0.25) is 0 Å². The number of rotatable bonds is 12. The van der Waals surface area contributed by atoms with Crippen LogP contribution in [0.3, 0.4) is 0 Å². The van der Waals surface area contributed by atoms with Gasteiger partial charge in [-0.25, -0.2) is 4.98 Å². The number of aromatic nitrogens is 2. The molecule has 24 heavy (non-hydrogen) atoms. The van der Waals surface area contributed by atoms with Crippen molar-refractivity contribution in [1.29, 1.82) is 0 Å². The maximum absolute atomic E-state index is 5.32. The fourth-order valence-electron chi connectivity index (χ4n) is 1.61. The minimum Gasteiger partial charge on any atom is -0.348 e. The van der Waals surface area contributed by atoms with Crippen LogP contribution >= 0.6 is 0 Å². The number of hydrogen-bond donors (Lipinski definition) is 7. The first-order valence-corrected chi connectivity index (χ1v) is 8.95. The van der Waals surface area contributed by atoms with E-state index in [0.717, 1.165) is 77.1 Å². The van der Waals surface area contributed by atoms with E-state index in [1.54, 1.807) is 12.5 Å². The van der Waals surface area contributed by atoms with Gasteiger partial charge in [0.1, 0.15) is 0 Å². The van der Waals surface area contributed by atoms with Gasteiger partial charge in [0.25, 0.3) is 0 Å². The summed E-state index contributed by atoms with van der Waals surface area (Å²) in [6, 6.07) is 0. The molecule has 1 heterocycles. The highest BCUT2D eigenvalue weighted by Crippen LogP contribution is 1.88. The van der Waals surface area contributed by atoms with Crippen LogP contribution in [0.5, 0.6) is 0 Å². The van der Waals surface area contributed by atoms with E-state index in [0.29, 0.717) is 6.54 Å². The Labute approximate surface area is 147 Å². The second-order valence-corrected chi connectivity index (χ2v) is 5.29. The van der Waals surface area contributed by atoms with E-state index in [-0.39, 0.29) is 0 Å².